The third-order valence-corrected chi connectivity index (χ3v) is 2.80. The van der Waals surface area contributed by atoms with Crippen molar-refractivity contribution in [2.24, 2.45) is 10.9 Å². The Bertz CT molecular complexity index is 319. The molecule has 0 aliphatic rings. The van der Waals surface area contributed by atoms with Gasteiger partial charge in [-0.25, -0.2) is 0 Å². The molecule has 1 amide bonds. The molecule has 0 radical (unpaired) electrons. The van der Waals surface area contributed by atoms with Crippen molar-refractivity contribution in [3.05, 3.63) is 12.7 Å². The second-order valence-electron chi connectivity index (χ2n) is 5.03. The lowest BCUT2D eigenvalue weighted by molar-refractivity contribution is -0.123. The van der Waals surface area contributed by atoms with E-state index in [0.29, 0.717) is 13.1 Å². The van der Waals surface area contributed by atoms with Crippen molar-refractivity contribution in [2.45, 2.75) is 33.6 Å². The van der Waals surface area contributed by atoms with E-state index in [0.717, 1.165) is 31.9 Å². The van der Waals surface area contributed by atoms with Crippen molar-refractivity contribution in [2.75, 3.05) is 33.2 Å². The van der Waals surface area contributed by atoms with Crippen molar-refractivity contribution < 1.29 is 4.79 Å². The molecule has 0 fully saturated rings. The van der Waals surface area contributed by atoms with E-state index in [1.807, 2.05) is 33.9 Å². The standard InChI is InChI=1S/C15H30N4O.HI/c1-6-8-9-12-19(5)15(16-7-2)18-11-10-17-14(20)13(3)4;/h6,13H,1,7-12H2,2-5H3,(H,16,18)(H,17,20);1H. The van der Waals surface area contributed by atoms with Crippen LogP contribution >= 0.6 is 24.0 Å². The maximum Gasteiger partial charge on any atom is 0.222 e. The molecule has 0 aliphatic carbocycles. The average Bonchev–Trinajstić information content (AvgIpc) is 2.41. The van der Waals surface area contributed by atoms with Crippen LogP contribution in [0.3, 0.4) is 0 Å². The molecule has 0 heterocycles. The van der Waals surface area contributed by atoms with Crippen molar-refractivity contribution in [1.29, 1.82) is 0 Å². The highest BCUT2D eigenvalue weighted by Gasteiger charge is 2.06. The summed E-state index contributed by atoms with van der Waals surface area (Å²) in [6.07, 6.45) is 4.00. The van der Waals surface area contributed by atoms with E-state index in [1.165, 1.54) is 0 Å². The van der Waals surface area contributed by atoms with Gasteiger partial charge in [0.15, 0.2) is 5.96 Å². The Hall–Kier alpha value is -0.790. The van der Waals surface area contributed by atoms with Crippen LogP contribution in [0.5, 0.6) is 0 Å². The Morgan fingerprint density at radius 2 is 2.05 bits per heavy atom. The summed E-state index contributed by atoms with van der Waals surface area (Å²) in [6, 6.07) is 0. The highest BCUT2D eigenvalue weighted by atomic mass is 127. The molecule has 0 atom stereocenters. The summed E-state index contributed by atoms with van der Waals surface area (Å²) >= 11 is 0. The summed E-state index contributed by atoms with van der Waals surface area (Å²) in [5.74, 6) is 0.980. The number of nitrogens with one attached hydrogen (secondary N) is 2. The molecule has 0 aromatic carbocycles. The highest BCUT2D eigenvalue weighted by molar-refractivity contribution is 14.0. The molecular weight excluding hydrogens is 379 g/mol. The molecule has 0 aromatic rings. The van der Waals surface area contributed by atoms with Crippen LogP contribution in [-0.2, 0) is 4.79 Å². The number of amides is 1. The van der Waals surface area contributed by atoms with Gasteiger partial charge in [-0.1, -0.05) is 19.9 Å². The zero-order valence-corrected chi connectivity index (χ0v) is 16.1. The number of carbonyl (C=O) groups excluding carboxylic acids is 1. The zero-order valence-electron chi connectivity index (χ0n) is 13.8. The van der Waals surface area contributed by atoms with Gasteiger partial charge < -0.3 is 15.5 Å². The van der Waals surface area contributed by atoms with Crippen LogP contribution in [0.15, 0.2) is 17.6 Å². The number of halogens is 1. The lowest BCUT2D eigenvalue weighted by atomic mass is 10.2. The molecule has 0 saturated heterocycles. The summed E-state index contributed by atoms with van der Waals surface area (Å²) in [4.78, 5) is 18.0. The minimum Gasteiger partial charge on any atom is -0.357 e. The first-order valence-electron chi connectivity index (χ1n) is 7.41. The molecule has 5 nitrogen and oxygen atoms in total. The Balaban J connectivity index is 0. The Morgan fingerprint density at radius 3 is 2.57 bits per heavy atom. The van der Waals surface area contributed by atoms with Gasteiger partial charge in [-0.2, -0.15) is 0 Å². The number of hydrogen-bond donors (Lipinski definition) is 2. The van der Waals surface area contributed by atoms with E-state index in [2.05, 4.69) is 27.1 Å². The van der Waals surface area contributed by atoms with Crippen molar-refractivity contribution in [1.82, 2.24) is 15.5 Å². The maximum absolute atomic E-state index is 11.4. The SMILES string of the molecule is C=CCCCN(C)C(=NCCNC(=O)C(C)C)NCC.I. The van der Waals surface area contributed by atoms with Crippen molar-refractivity contribution >= 4 is 35.8 Å². The smallest absolute Gasteiger partial charge is 0.222 e. The predicted molar refractivity (Wildman–Crippen MR) is 101 cm³/mol. The van der Waals surface area contributed by atoms with Crippen LogP contribution in [0.2, 0.25) is 0 Å². The normalized spacial score (nSPS) is 10.8. The number of hydrogen-bond acceptors (Lipinski definition) is 2. The fraction of sp³-hybridized carbons (Fsp3) is 0.733. The van der Waals surface area contributed by atoms with Gasteiger partial charge in [-0.15, -0.1) is 30.6 Å². The van der Waals surface area contributed by atoms with Gasteiger partial charge in [0.25, 0.3) is 0 Å². The van der Waals surface area contributed by atoms with E-state index >= 15 is 0 Å². The minimum atomic E-state index is 0. The van der Waals surface area contributed by atoms with Gasteiger partial charge in [-0.05, 0) is 19.8 Å². The van der Waals surface area contributed by atoms with Crippen molar-refractivity contribution in [3.8, 4) is 0 Å². The molecule has 0 aliphatic heterocycles. The first-order valence-corrected chi connectivity index (χ1v) is 7.41. The number of carbonyl (C=O) groups is 1. The summed E-state index contributed by atoms with van der Waals surface area (Å²) in [5, 5.41) is 6.12. The van der Waals surface area contributed by atoms with Gasteiger partial charge in [0.1, 0.15) is 0 Å². The van der Waals surface area contributed by atoms with E-state index in [-0.39, 0.29) is 35.8 Å². The fourth-order valence-corrected chi connectivity index (χ4v) is 1.59. The van der Waals surface area contributed by atoms with Crippen LogP contribution < -0.4 is 10.6 Å². The number of allylic oxidation sites excluding steroid dienone is 1. The number of rotatable bonds is 9. The van der Waals surface area contributed by atoms with Crippen molar-refractivity contribution in [3.63, 3.8) is 0 Å². The Labute approximate surface area is 146 Å². The first kappa shape index (κ1) is 22.5. The third-order valence-electron chi connectivity index (χ3n) is 2.80. The molecule has 2 N–H and O–H groups in total. The molecule has 0 unspecified atom stereocenters. The summed E-state index contributed by atoms with van der Waals surface area (Å²) in [6.45, 7) is 12.5. The van der Waals surface area contributed by atoms with Crippen LogP contribution in [0.4, 0.5) is 0 Å². The van der Waals surface area contributed by atoms with Crippen LogP contribution in [0, 0.1) is 5.92 Å². The molecule has 0 saturated carbocycles. The van der Waals surface area contributed by atoms with Gasteiger partial charge in [0.05, 0.1) is 6.54 Å². The van der Waals surface area contributed by atoms with Gasteiger partial charge in [0, 0.05) is 32.6 Å². The number of nitrogens with zero attached hydrogens (tertiary/aromatic N) is 2. The lowest BCUT2D eigenvalue weighted by Crippen LogP contribution is -2.40. The van der Waals surface area contributed by atoms with E-state index in [9.17, 15) is 4.79 Å². The molecule has 0 bridgehead atoms. The zero-order chi connectivity index (χ0) is 15.4. The lowest BCUT2D eigenvalue weighted by Gasteiger charge is -2.21. The second kappa shape index (κ2) is 14.2. The third kappa shape index (κ3) is 11.5. The van der Waals surface area contributed by atoms with Gasteiger partial charge in [-0.3, -0.25) is 9.79 Å². The molecule has 6 heteroatoms. The molecule has 0 aromatic heterocycles. The average molecular weight is 410 g/mol. The Morgan fingerprint density at radius 1 is 1.38 bits per heavy atom. The molecular formula is C15H31IN4O. The first-order chi connectivity index (χ1) is 9.52. The quantitative estimate of drug-likeness (QED) is 0.202. The second-order valence-corrected chi connectivity index (χ2v) is 5.03. The Kier molecular flexibility index (Phi) is 15.2. The minimum absolute atomic E-state index is 0. The van der Waals surface area contributed by atoms with Crippen LogP contribution in [0.1, 0.15) is 33.6 Å². The monoisotopic (exact) mass is 410 g/mol. The van der Waals surface area contributed by atoms with E-state index in [1.54, 1.807) is 0 Å². The molecule has 0 rings (SSSR count). The largest absolute Gasteiger partial charge is 0.357 e. The summed E-state index contributed by atoms with van der Waals surface area (Å²) in [5.41, 5.74) is 0. The maximum atomic E-state index is 11.4. The number of aliphatic imine (C=N–C) groups is 1. The van der Waals surface area contributed by atoms with Crippen LogP contribution in [-0.4, -0.2) is 50.0 Å². The fourth-order valence-electron chi connectivity index (χ4n) is 1.59. The summed E-state index contributed by atoms with van der Waals surface area (Å²) in [7, 11) is 2.03. The number of unbranched alkanes of at least 4 members (excludes halogenated alkanes) is 1. The number of guanidine groups is 1. The summed E-state index contributed by atoms with van der Waals surface area (Å²) < 4.78 is 0. The van der Waals surface area contributed by atoms with Gasteiger partial charge >= 0.3 is 0 Å². The topological polar surface area (TPSA) is 56.7 Å². The van der Waals surface area contributed by atoms with Crippen LogP contribution in [0.25, 0.3) is 0 Å². The molecule has 0 spiro atoms. The molecule has 21 heavy (non-hydrogen) atoms. The van der Waals surface area contributed by atoms with Gasteiger partial charge in [0.2, 0.25) is 5.91 Å². The van der Waals surface area contributed by atoms with E-state index in [4.69, 9.17) is 0 Å². The van der Waals surface area contributed by atoms with E-state index < -0.39 is 0 Å². The predicted octanol–water partition coefficient (Wildman–Crippen LogP) is 2.24. The molecule has 124 valence electrons. The highest BCUT2D eigenvalue weighted by Crippen LogP contribution is 1.95.